The summed E-state index contributed by atoms with van der Waals surface area (Å²) in [4.78, 5) is 2.63. The van der Waals surface area contributed by atoms with Crippen LogP contribution in [0, 0.1) is 0 Å². The molecule has 2 aliphatic rings. The number of piperidine rings is 2. The van der Waals surface area contributed by atoms with Crippen molar-refractivity contribution in [3.05, 3.63) is 35.4 Å². The number of likely N-dealkylation sites (tertiary alicyclic amines) is 1. The third-order valence-corrected chi connectivity index (χ3v) is 4.96. The van der Waals surface area contributed by atoms with Gasteiger partial charge in [0.2, 0.25) is 0 Å². The van der Waals surface area contributed by atoms with Crippen molar-refractivity contribution in [2.24, 2.45) is 0 Å². The molecule has 0 amide bonds. The predicted molar refractivity (Wildman–Crippen MR) is 85.3 cm³/mol. The van der Waals surface area contributed by atoms with E-state index in [9.17, 15) is 0 Å². The van der Waals surface area contributed by atoms with Crippen molar-refractivity contribution >= 4 is 0 Å². The minimum atomic E-state index is 0.785. The first-order chi connectivity index (χ1) is 9.92. The van der Waals surface area contributed by atoms with E-state index >= 15 is 0 Å². The molecular formula is C18H28N2. The van der Waals surface area contributed by atoms with Gasteiger partial charge in [0.05, 0.1) is 0 Å². The van der Waals surface area contributed by atoms with E-state index in [1.165, 1.54) is 76.8 Å². The van der Waals surface area contributed by atoms with E-state index in [0.29, 0.717) is 0 Å². The van der Waals surface area contributed by atoms with Crippen LogP contribution < -0.4 is 5.32 Å². The fourth-order valence-electron chi connectivity index (χ4n) is 3.58. The highest BCUT2D eigenvalue weighted by atomic mass is 15.1. The van der Waals surface area contributed by atoms with E-state index in [2.05, 4.69) is 34.5 Å². The molecule has 1 aromatic rings. The highest BCUT2D eigenvalue weighted by molar-refractivity contribution is 5.26. The molecule has 2 fully saturated rings. The molecule has 0 unspecified atom stereocenters. The molecule has 110 valence electrons. The number of nitrogens with one attached hydrogen (secondary N) is 1. The Bertz CT molecular complexity index is 386. The van der Waals surface area contributed by atoms with Gasteiger partial charge in [0.25, 0.3) is 0 Å². The van der Waals surface area contributed by atoms with Gasteiger partial charge in [0.15, 0.2) is 0 Å². The van der Waals surface area contributed by atoms with Crippen molar-refractivity contribution in [3.8, 4) is 0 Å². The highest BCUT2D eigenvalue weighted by Gasteiger charge is 2.15. The molecule has 2 heteroatoms. The maximum Gasteiger partial charge on any atom is 0.00218 e. The standard InChI is InChI=1S/C18H28N2/c1-2-13-20(14-3-1)15-10-16-4-6-17(7-5-16)18-8-11-19-12-9-18/h4-7,18-19H,1-3,8-15H2. The van der Waals surface area contributed by atoms with Gasteiger partial charge >= 0.3 is 0 Å². The molecular weight excluding hydrogens is 244 g/mol. The molecule has 0 radical (unpaired) electrons. The molecule has 2 nitrogen and oxygen atoms in total. The number of benzene rings is 1. The fraction of sp³-hybridized carbons (Fsp3) is 0.667. The zero-order valence-corrected chi connectivity index (χ0v) is 12.6. The summed E-state index contributed by atoms with van der Waals surface area (Å²) < 4.78 is 0. The maximum absolute atomic E-state index is 3.45. The SMILES string of the molecule is c1cc(C2CCNCC2)ccc1CCN1CCCCC1. The van der Waals surface area contributed by atoms with Crippen molar-refractivity contribution in [2.75, 3.05) is 32.7 Å². The fourth-order valence-corrected chi connectivity index (χ4v) is 3.58. The predicted octanol–water partition coefficient (Wildman–Crippen LogP) is 3.18. The molecule has 0 atom stereocenters. The minimum absolute atomic E-state index is 0.785. The van der Waals surface area contributed by atoms with E-state index < -0.39 is 0 Å². The van der Waals surface area contributed by atoms with Gasteiger partial charge in [-0.3, -0.25) is 0 Å². The molecule has 0 bridgehead atoms. The van der Waals surface area contributed by atoms with Crippen LogP contribution in [0.1, 0.15) is 49.1 Å². The van der Waals surface area contributed by atoms with E-state index in [1.54, 1.807) is 5.56 Å². The molecule has 0 aliphatic carbocycles. The van der Waals surface area contributed by atoms with Crippen LogP contribution in [-0.4, -0.2) is 37.6 Å². The second kappa shape index (κ2) is 7.24. The number of nitrogens with zero attached hydrogens (tertiary/aromatic N) is 1. The Kier molecular flexibility index (Phi) is 5.10. The quantitative estimate of drug-likeness (QED) is 0.905. The van der Waals surface area contributed by atoms with Crippen LogP contribution in [0.2, 0.25) is 0 Å². The van der Waals surface area contributed by atoms with Gasteiger partial charge in [-0.05, 0) is 75.3 Å². The summed E-state index contributed by atoms with van der Waals surface area (Å²) in [5.41, 5.74) is 3.06. The number of hydrogen-bond donors (Lipinski definition) is 1. The van der Waals surface area contributed by atoms with Crippen molar-refractivity contribution in [1.29, 1.82) is 0 Å². The van der Waals surface area contributed by atoms with E-state index in [1.807, 2.05) is 0 Å². The molecule has 0 spiro atoms. The molecule has 0 saturated carbocycles. The van der Waals surface area contributed by atoms with E-state index in [-0.39, 0.29) is 0 Å². The molecule has 2 saturated heterocycles. The Morgan fingerprint density at radius 2 is 1.65 bits per heavy atom. The Morgan fingerprint density at radius 1 is 0.950 bits per heavy atom. The van der Waals surface area contributed by atoms with Gasteiger partial charge in [-0.15, -0.1) is 0 Å². The Hall–Kier alpha value is -0.860. The molecule has 20 heavy (non-hydrogen) atoms. The number of rotatable bonds is 4. The van der Waals surface area contributed by atoms with Gasteiger partial charge in [0, 0.05) is 6.54 Å². The highest BCUT2D eigenvalue weighted by Crippen LogP contribution is 2.25. The minimum Gasteiger partial charge on any atom is -0.317 e. The van der Waals surface area contributed by atoms with Crippen molar-refractivity contribution in [1.82, 2.24) is 10.2 Å². The third kappa shape index (κ3) is 3.83. The smallest absolute Gasteiger partial charge is 0.00218 e. The Morgan fingerprint density at radius 3 is 2.35 bits per heavy atom. The van der Waals surface area contributed by atoms with Crippen LogP contribution >= 0.6 is 0 Å². The molecule has 1 aromatic carbocycles. The normalized spacial score (nSPS) is 22.0. The van der Waals surface area contributed by atoms with Crippen LogP contribution in [0.15, 0.2) is 24.3 Å². The third-order valence-electron chi connectivity index (χ3n) is 4.96. The van der Waals surface area contributed by atoms with Crippen LogP contribution in [-0.2, 0) is 6.42 Å². The van der Waals surface area contributed by atoms with Gasteiger partial charge in [-0.25, -0.2) is 0 Å². The first-order valence-electron chi connectivity index (χ1n) is 8.44. The summed E-state index contributed by atoms with van der Waals surface area (Å²) >= 11 is 0. The van der Waals surface area contributed by atoms with Crippen LogP contribution in [0.3, 0.4) is 0 Å². The van der Waals surface area contributed by atoms with Crippen molar-refractivity contribution in [3.63, 3.8) is 0 Å². The summed E-state index contributed by atoms with van der Waals surface area (Å²) in [5.74, 6) is 0.785. The molecule has 2 heterocycles. The lowest BCUT2D eigenvalue weighted by Gasteiger charge is -2.26. The van der Waals surface area contributed by atoms with E-state index in [0.717, 1.165) is 5.92 Å². The molecule has 0 aromatic heterocycles. The number of hydrogen-bond acceptors (Lipinski definition) is 2. The summed E-state index contributed by atoms with van der Waals surface area (Å²) in [7, 11) is 0. The van der Waals surface area contributed by atoms with Crippen molar-refractivity contribution < 1.29 is 0 Å². The monoisotopic (exact) mass is 272 g/mol. The van der Waals surface area contributed by atoms with Crippen LogP contribution in [0.4, 0.5) is 0 Å². The van der Waals surface area contributed by atoms with Crippen molar-refractivity contribution in [2.45, 2.75) is 44.4 Å². The lowest BCUT2D eigenvalue weighted by Crippen LogP contribution is -2.31. The summed E-state index contributed by atoms with van der Waals surface area (Å²) in [6.07, 6.45) is 8.04. The zero-order valence-electron chi connectivity index (χ0n) is 12.6. The van der Waals surface area contributed by atoms with E-state index in [4.69, 9.17) is 0 Å². The van der Waals surface area contributed by atoms with Gasteiger partial charge < -0.3 is 10.2 Å². The zero-order chi connectivity index (χ0) is 13.6. The largest absolute Gasteiger partial charge is 0.317 e. The van der Waals surface area contributed by atoms with Gasteiger partial charge in [-0.2, -0.15) is 0 Å². The lowest BCUT2D eigenvalue weighted by atomic mass is 9.89. The Balaban J connectivity index is 1.50. The van der Waals surface area contributed by atoms with Gasteiger partial charge in [-0.1, -0.05) is 30.7 Å². The molecule has 1 N–H and O–H groups in total. The molecule has 2 aliphatic heterocycles. The first-order valence-corrected chi connectivity index (χ1v) is 8.44. The average Bonchev–Trinajstić information content (AvgIpc) is 2.55. The lowest BCUT2D eigenvalue weighted by molar-refractivity contribution is 0.231. The second-order valence-corrected chi connectivity index (χ2v) is 6.42. The molecule has 3 rings (SSSR count). The topological polar surface area (TPSA) is 15.3 Å². The van der Waals surface area contributed by atoms with Gasteiger partial charge in [0.1, 0.15) is 0 Å². The summed E-state index contributed by atoms with van der Waals surface area (Å²) in [5, 5.41) is 3.45. The Labute approximate surface area is 123 Å². The summed E-state index contributed by atoms with van der Waals surface area (Å²) in [6, 6.07) is 9.48. The second-order valence-electron chi connectivity index (χ2n) is 6.42. The average molecular weight is 272 g/mol. The van der Waals surface area contributed by atoms with Crippen LogP contribution in [0.25, 0.3) is 0 Å². The summed E-state index contributed by atoms with van der Waals surface area (Å²) in [6.45, 7) is 6.23. The van der Waals surface area contributed by atoms with Crippen LogP contribution in [0.5, 0.6) is 0 Å². The maximum atomic E-state index is 3.45. The first kappa shape index (κ1) is 14.1.